The second-order valence-corrected chi connectivity index (χ2v) is 12.4. The minimum Gasteiger partial charge on any atom is -0.341 e. The fourth-order valence-electron chi connectivity index (χ4n) is 5.60. The van der Waals surface area contributed by atoms with Crippen LogP contribution < -0.4 is 16.0 Å². The molecule has 6 aromatic rings. The van der Waals surface area contributed by atoms with Gasteiger partial charge >= 0.3 is 0 Å². The highest BCUT2D eigenvalue weighted by Gasteiger charge is 2.20. The van der Waals surface area contributed by atoms with Gasteiger partial charge in [-0.2, -0.15) is 0 Å². The topological polar surface area (TPSA) is 105 Å². The molecule has 9 heteroatoms. The van der Waals surface area contributed by atoms with Gasteiger partial charge in [-0.3, -0.25) is 19.4 Å². The molecule has 3 N–H and O–H groups in total. The molecule has 0 saturated heterocycles. The van der Waals surface area contributed by atoms with Gasteiger partial charge in [-0.05, 0) is 85.6 Å². The highest BCUT2D eigenvalue weighted by Crippen LogP contribution is 2.32. The molecule has 1 unspecified atom stereocenters. The van der Waals surface area contributed by atoms with Gasteiger partial charge in [-0.25, -0.2) is 0 Å². The molecule has 3 amide bonds. The third-order valence-corrected chi connectivity index (χ3v) is 9.27. The molecule has 0 aliphatic heterocycles. The van der Waals surface area contributed by atoms with Gasteiger partial charge < -0.3 is 20.5 Å². The first-order chi connectivity index (χ1) is 23.4. The predicted octanol–water partition coefficient (Wildman–Crippen LogP) is 8.13. The van der Waals surface area contributed by atoms with Gasteiger partial charge in [0.1, 0.15) is 5.70 Å². The van der Waals surface area contributed by atoms with E-state index in [0.29, 0.717) is 23.2 Å². The summed E-state index contributed by atoms with van der Waals surface area (Å²) in [6, 6.07) is 33.9. The number of carbonyl (C=O) groups excluding carboxylic acids is 3. The van der Waals surface area contributed by atoms with E-state index in [1.807, 2.05) is 55.5 Å². The molecule has 0 spiro atoms. The van der Waals surface area contributed by atoms with E-state index in [1.54, 1.807) is 60.9 Å². The molecule has 2 aromatic heterocycles. The van der Waals surface area contributed by atoms with Crippen LogP contribution in [0.3, 0.4) is 0 Å². The number of rotatable bonds is 11. The van der Waals surface area contributed by atoms with Crippen molar-refractivity contribution in [2.75, 3.05) is 10.6 Å². The fraction of sp³-hybridized carbons (Fsp3) is 0.128. The van der Waals surface area contributed by atoms with Crippen molar-refractivity contribution in [2.45, 2.75) is 37.0 Å². The smallest absolute Gasteiger partial charge is 0.272 e. The Morgan fingerprint density at radius 3 is 2.33 bits per heavy atom. The SMILES string of the molecule is CCC(Sc1cccc(NC(=O)/C(=C/c2cccnc2)NC(=O)c2ccccc2)c1)C(=O)Nc1ccc2c(c1)c1ccccc1n2CC. The summed E-state index contributed by atoms with van der Waals surface area (Å²) in [7, 11) is 0. The van der Waals surface area contributed by atoms with Crippen LogP contribution in [-0.2, 0) is 16.1 Å². The molecule has 0 radical (unpaired) electrons. The monoisotopic (exact) mass is 653 g/mol. The second-order valence-electron chi connectivity index (χ2n) is 11.1. The number of hydrogen-bond donors (Lipinski definition) is 3. The van der Waals surface area contributed by atoms with E-state index in [0.717, 1.165) is 33.4 Å². The lowest BCUT2D eigenvalue weighted by atomic mass is 10.1. The Morgan fingerprint density at radius 2 is 1.56 bits per heavy atom. The lowest BCUT2D eigenvalue weighted by Crippen LogP contribution is -2.30. The average molecular weight is 654 g/mol. The fourth-order valence-corrected chi connectivity index (χ4v) is 6.61. The number of pyridine rings is 1. The largest absolute Gasteiger partial charge is 0.341 e. The molecule has 0 fully saturated rings. The van der Waals surface area contributed by atoms with Gasteiger partial charge in [-0.1, -0.05) is 55.5 Å². The Bertz CT molecular complexity index is 2130. The van der Waals surface area contributed by atoms with Gasteiger partial charge in [0.05, 0.1) is 5.25 Å². The first-order valence-electron chi connectivity index (χ1n) is 15.8. The van der Waals surface area contributed by atoms with Crippen molar-refractivity contribution in [3.05, 3.63) is 138 Å². The Labute approximate surface area is 283 Å². The summed E-state index contributed by atoms with van der Waals surface area (Å²) in [5.74, 6) is -0.993. The van der Waals surface area contributed by atoms with E-state index in [4.69, 9.17) is 0 Å². The Balaban J connectivity index is 1.16. The molecule has 0 aliphatic rings. The van der Waals surface area contributed by atoms with Crippen LogP contribution in [0.15, 0.2) is 132 Å². The zero-order valence-corrected chi connectivity index (χ0v) is 27.5. The number of nitrogens with one attached hydrogen (secondary N) is 3. The average Bonchev–Trinajstić information content (AvgIpc) is 3.44. The Morgan fingerprint density at radius 1 is 0.792 bits per heavy atom. The first kappa shape index (κ1) is 32.3. The zero-order valence-electron chi connectivity index (χ0n) is 26.6. The molecular formula is C39H35N5O3S. The summed E-state index contributed by atoms with van der Waals surface area (Å²) in [5, 5.41) is 10.7. The lowest BCUT2D eigenvalue weighted by Gasteiger charge is -2.16. The number of amides is 3. The van der Waals surface area contributed by atoms with Crippen LogP contribution in [0, 0.1) is 0 Å². The number of carbonyl (C=O) groups is 3. The Hall–Kier alpha value is -5.67. The molecule has 48 heavy (non-hydrogen) atoms. The molecule has 4 aromatic carbocycles. The summed E-state index contributed by atoms with van der Waals surface area (Å²) in [5.41, 5.74) is 4.74. The third-order valence-electron chi connectivity index (χ3n) is 7.91. The minimum absolute atomic E-state index is 0.0692. The molecule has 2 heterocycles. The van der Waals surface area contributed by atoms with Crippen molar-refractivity contribution in [2.24, 2.45) is 0 Å². The van der Waals surface area contributed by atoms with Gasteiger partial charge in [0.15, 0.2) is 0 Å². The van der Waals surface area contributed by atoms with Crippen LogP contribution in [-0.4, -0.2) is 32.5 Å². The number of fused-ring (bicyclic) bond motifs is 3. The maximum atomic E-state index is 13.5. The predicted molar refractivity (Wildman–Crippen MR) is 195 cm³/mol. The van der Waals surface area contributed by atoms with E-state index >= 15 is 0 Å². The third kappa shape index (κ3) is 7.32. The van der Waals surface area contributed by atoms with Gasteiger partial charge in [0.25, 0.3) is 11.8 Å². The number of aromatic nitrogens is 2. The van der Waals surface area contributed by atoms with Crippen LogP contribution in [0.2, 0.25) is 0 Å². The number of benzene rings is 4. The van der Waals surface area contributed by atoms with Gasteiger partial charge in [0, 0.05) is 62.6 Å². The van der Waals surface area contributed by atoms with E-state index in [2.05, 4.69) is 50.6 Å². The number of thioether (sulfide) groups is 1. The molecular weight excluding hydrogens is 619 g/mol. The molecule has 0 saturated carbocycles. The first-order valence-corrected chi connectivity index (χ1v) is 16.7. The maximum Gasteiger partial charge on any atom is 0.272 e. The quantitative estimate of drug-likeness (QED) is 0.0968. The van der Waals surface area contributed by atoms with E-state index < -0.39 is 11.8 Å². The summed E-state index contributed by atoms with van der Waals surface area (Å²) >= 11 is 1.43. The van der Waals surface area contributed by atoms with Gasteiger partial charge in [0.2, 0.25) is 5.91 Å². The molecule has 0 bridgehead atoms. The highest BCUT2D eigenvalue weighted by atomic mass is 32.2. The molecule has 8 nitrogen and oxygen atoms in total. The summed E-state index contributed by atoms with van der Waals surface area (Å²) in [6.07, 6.45) is 5.43. The molecule has 0 aliphatic carbocycles. The van der Waals surface area contributed by atoms with Crippen molar-refractivity contribution in [3.63, 3.8) is 0 Å². The Kier molecular flexibility index (Phi) is 9.97. The molecule has 240 valence electrons. The standard InChI is InChI=1S/C39H35N5O3S/c1-3-36(39(47)42-29-19-20-35-32(24-29)31-17-8-9-18-34(31)44(35)4-2)48-30-16-10-15-28(23-30)41-38(46)33(22-26-12-11-21-40-25-26)43-37(45)27-13-6-5-7-14-27/h5-25,36H,3-4H2,1-2H3,(H,41,46)(H,42,47)(H,43,45)/b33-22-. The van der Waals surface area contributed by atoms with Crippen molar-refractivity contribution < 1.29 is 14.4 Å². The zero-order chi connectivity index (χ0) is 33.5. The molecule has 1 atom stereocenters. The minimum atomic E-state index is -0.491. The van der Waals surface area contributed by atoms with Crippen LogP contribution in [0.1, 0.15) is 36.2 Å². The number of aryl methyl sites for hydroxylation is 1. The number of nitrogens with zero attached hydrogens (tertiary/aromatic N) is 2. The number of para-hydroxylation sites is 1. The van der Waals surface area contributed by atoms with Crippen LogP contribution in [0.5, 0.6) is 0 Å². The van der Waals surface area contributed by atoms with Crippen LogP contribution >= 0.6 is 11.8 Å². The van der Waals surface area contributed by atoms with Crippen molar-refractivity contribution in [1.82, 2.24) is 14.9 Å². The number of anilines is 2. The summed E-state index contributed by atoms with van der Waals surface area (Å²) in [4.78, 5) is 44.9. The van der Waals surface area contributed by atoms with Gasteiger partial charge in [-0.15, -0.1) is 11.8 Å². The second kappa shape index (κ2) is 14.8. The van der Waals surface area contributed by atoms with Crippen LogP contribution in [0.4, 0.5) is 11.4 Å². The normalized spacial score (nSPS) is 12.1. The summed E-state index contributed by atoms with van der Waals surface area (Å²) in [6.45, 7) is 4.97. The van der Waals surface area contributed by atoms with Crippen molar-refractivity contribution >= 4 is 68.7 Å². The lowest BCUT2D eigenvalue weighted by molar-refractivity contribution is -0.116. The van der Waals surface area contributed by atoms with E-state index in [9.17, 15) is 14.4 Å². The maximum absolute atomic E-state index is 13.5. The molecule has 6 rings (SSSR count). The highest BCUT2D eigenvalue weighted by molar-refractivity contribution is 8.00. The summed E-state index contributed by atoms with van der Waals surface area (Å²) < 4.78 is 2.28. The van der Waals surface area contributed by atoms with E-state index in [1.165, 1.54) is 17.3 Å². The van der Waals surface area contributed by atoms with E-state index in [-0.39, 0.29) is 16.9 Å². The van der Waals surface area contributed by atoms with Crippen molar-refractivity contribution in [1.29, 1.82) is 0 Å². The van der Waals surface area contributed by atoms with Crippen LogP contribution in [0.25, 0.3) is 27.9 Å². The number of hydrogen-bond acceptors (Lipinski definition) is 5. The van der Waals surface area contributed by atoms with Crippen molar-refractivity contribution in [3.8, 4) is 0 Å².